The second-order valence-corrected chi connectivity index (χ2v) is 6.41. The smallest absolute Gasteiger partial charge is 0.229 e. The molecule has 120 valence electrons. The predicted octanol–water partition coefficient (Wildman–Crippen LogP) is 0.791. The zero-order valence-corrected chi connectivity index (χ0v) is 12.7. The van der Waals surface area contributed by atoms with Crippen LogP contribution in [0.1, 0.15) is 37.3 Å². The van der Waals surface area contributed by atoms with E-state index in [-0.39, 0.29) is 30.6 Å². The Morgan fingerprint density at radius 3 is 2.68 bits per heavy atom. The van der Waals surface area contributed by atoms with Crippen LogP contribution in [0, 0.1) is 11.3 Å². The first-order chi connectivity index (χ1) is 10.6. The quantitative estimate of drug-likeness (QED) is 0.723. The molecular weight excluding hydrogens is 284 g/mol. The molecule has 1 heterocycles. The average molecular weight is 306 g/mol. The number of methoxy groups -OCH3 is 1. The monoisotopic (exact) mass is 306 g/mol. The third-order valence-electron chi connectivity index (χ3n) is 4.87. The molecule has 2 aliphatic rings. The van der Waals surface area contributed by atoms with Crippen LogP contribution in [0.2, 0.25) is 0 Å². The number of nitrogens with zero attached hydrogens (tertiary/aromatic N) is 1. The summed E-state index contributed by atoms with van der Waals surface area (Å²) in [5, 5.41) is 22.0. The summed E-state index contributed by atoms with van der Waals surface area (Å²) in [5.41, 5.74) is 0.306. The molecule has 0 bridgehead atoms. The van der Waals surface area contributed by atoms with Crippen LogP contribution in [0.25, 0.3) is 0 Å². The van der Waals surface area contributed by atoms with Gasteiger partial charge in [-0.05, 0) is 37.2 Å². The van der Waals surface area contributed by atoms with Gasteiger partial charge in [-0.1, -0.05) is 6.07 Å². The summed E-state index contributed by atoms with van der Waals surface area (Å²) in [7, 11) is 1.56. The Morgan fingerprint density at radius 2 is 2.23 bits per heavy atom. The molecular formula is C16H22N2O4. The molecule has 6 heteroatoms. The van der Waals surface area contributed by atoms with E-state index in [4.69, 9.17) is 4.74 Å². The van der Waals surface area contributed by atoms with Gasteiger partial charge in [0.1, 0.15) is 0 Å². The summed E-state index contributed by atoms with van der Waals surface area (Å²) in [6, 6.07) is 3.47. The number of pyridine rings is 1. The van der Waals surface area contributed by atoms with Gasteiger partial charge in [0.05, 0.1) is 31.3 Å². The fourth-order valence-electron chi connectivity index (χ4n) is 2.97. The van der Waals surface area contributed by atoms with E-state index in [2.05, 4.69) is 10.3 Å². The highest BCUT2D eigenvalue weighted by molar-refractivity contribution is 5.85. The SMILES string of the molecule is COc1ccc(C(NC(=O)C2(CO)CC2)C2CC(O)C2)cn1. The fourth-order valence-corrected chi connectivity index (χ4v) is 2.97. The van der Waals surface area contributed by atoms with Crippen molar-refractivity contribution in [1.82, 2.24) is 10.3 Å². The van der Waals surface area contributed by atoms with Crippen molar-refractivity contribution >= 4 is 5.91 Å². The fraction of sp³-hybridized carbons (Fsp3) is 0.625. The number of carbonyl (C=O) groups excluding carboxylic acids is 1. The van der Waals surface area contributed by atoms with Crippen molar-refractivity contribution in [3.63, 3.8) is 0 Å². The molecule has 1 unspecified atom stereocenters. The molecule has 22 heavy (non-hydrogen) atoms. The average Bonchev–Trinajstić information content (AvgIpc) is 3.31. The van der Waals surface area contributed by atoms with E-state index in [1.807, 2.05) is 6.07 Å². The van der Waals surface area contributed by atoms with E-state index >= 15 is 0 Å². The van der Waals surface area contributed by atoms with E-state index in [1.54, 1.807) is 19.4 Å². The lowest BCUT2D eigenvalue weighted by Gasteiger charge is -2.38. The van der Waals surface area contributed by atoms with Crippen LogP contribution >= 0.6 is 0 Å². The Hall–Kier alpha value is -1.66. The molecule has 6 nitrogen and oxygen atoms in total. The zero-order valence-electron chi connectivity index (χ0n) is 12.7. The first-order valence-electron chi connectivity index (χ1n) is 7.68. The molecule has 0 aromatic carbocycles. The van der Waals surface area contributed by atoms with Gasteiger partial charge in [-0.2, -0.15) is 0 Å². The Balaban J connectivity index is 1.76. The summed E-state index contributed by atoms with van der Waals surface area (Å²) in [4.78, 5) is 16.6. The Kier molecular flexibility index (Phi) is 4.06. The lowest BCUT2D eigenvalue weighted by Crippen LogP contribution is -2.44. The van der Waals surface area contributed by atoms with Crippen molar-refractivity contribution in [1.29, 1.82) is 0 Å². The standard InChI is InChI=1S/C16H22N2O4/c1-22-13-3-2-10(8-17-13)14(11-6-12(20)7-11)18-15(21)16(9-19)4-5-16/h2-3,8,11-12,14,19-20H,4-7,9H2,1H3,(H,18,21). The van der Waals surface area contributed by atoms with E-state index < -0.39 is 5.41 Å². The van der Waals surface area contributed by atoms with E-state index in [9.17, 15) is 15.0 Å². The van der Waals surface area contributed by atoms with Gasteiger partial charge in [0.15, 0.2) is 0 Å². The molecule has 1 atom stereocenters. The number of rotatable bonds is 6. The maximum atomic E-state index is 12.4. The molecule has 2 aliphatic carbocycles. The van der Waals surface area contributed by atoms with Crippen molar-refractivity contribution in [2.75, 3.05) is 13.7 Å². The number of aliphatic hydroxyl groups is 2. The Bertz CT molecular complexity index is 536. The maximum absolute atomic E-state index is 12.4. The minimum absolute atomic E-state index is 0.0998. The zero-order chi connectivity index (χ0) is 15.7. The number of carbonyl (C=O) groups is 1. The normalized spacial score (nSPS) is 26.7. The number of ether oxygens (including phenoxy) is 1. The molecule has 3 N–H and O–H groups in total. The van der Waals surface area contributed by atoms with Gasteiger partial charge in [0.2, 0.25) is 11.8 Å². The van der Waals surface area contributed by atoms with Crippen molar-refractivity contribution in [2.24, 2.45) is 11.3 Å². The molecule has 0 aliphatic heterocycles. The molecule has 1 aromatic rings. The molecule has 2 saturated carbocycles. The predicted molar refractivity (Wildman–Crippen MR) is 79.2 cm³/mol. The lowest BCUT2D eigenvalue weighted by molar-refractivity contribution is -0.129. The van der Waals surface area contributed by atoms with Gasteiger partial charge in [-0.15, -0.1) is 0 Å². The molecule has 3 rings (SSSR count). The van der Waals surface area contributed by atoms with Crippen LogP contribution in [0.4, 0.5) is 0 Å². The molecule has 2 fully saturated rings. The first kappa shape index (κ1) is 15.2. The van der Waals surface area contributed by atoms with E-state index in [0.29, 0.717) is 18.7 Å². The second-order valence-electron chi connectivity index (χ2n) is 6.41. The summed E-state index contributed by atoms with van der Waals surface area (Å²) in [6.45, 7) is -0.111. The van der Waals surface area contributed by atoms with Gasteiger partial charge in [0, 0.05) is 12.3 Å². The highest BCUT2D eigenvalue weighted by Gasteiger charge is 2.50. The number of hydrogen-bond donors (Lipinski definition) is 3. The summed E-state index contributed by atoms with van der Waals surface area (Å²) in [6.07, 6.45) is 4.22. The van der Waals surface area contributed by atoms with Gasteiger partial charge in [0.25, 0.3) is 0 Å². The minimum Gasteiger partial charge on any atom is -0.481 e. The molecule has 0 spiro atoms. The summed E-state index contributed by atoms with van der Waals surface area (Å²) in [5.74, 6) is 0.623. The number of nitrogens with one attached hydrogen (secondary N) is 1. The van der Waals surface area contributed by atoms with Crippen LogP contribution in [0.5, 0.6) is 5.88 Å². The number of aliphatic hydroxyl groups excluding tert-OH is 2. The van der Waals surface area contributed by atoms with Crippen molar-refractivity contribution in [3.8, 4) is 5.88 Å². The van der Waals surface area contributed by atoms with Crippen LogP contribution < -0.4 is 10.1 Å². The van der Waals surface area contributed by atoms with Crippen LogP contribution in [0.15, 0.2) is 18.3 Å². The van der Waals surface area contributed by atoms with Gasteiger partial charge < -0.3 is 20.3 Å². The van der Waals surface area contributed by atoms with Crippen molar-refractivity contribution < 1.29 is 19.7 Å². The minimum atomic E-state index is -0.597. The Morgan fingerprint density at radius 1 is 1.50 bits per heavy atom. The van der Waals surface area contributed by atoms with E-state index in [1.165, 1.54) is 0 Å². The van der Waals surface area contributed by atoms with Crippen LogP contribution in [-0.4, -0.2) is 40.9 Å². The van der Waals surface area contributed by atoms with Gasteiger partial charge in [-0.25, -0.2) is 4.98 Å². The van der Waals surface area contributed by atoms with Crippen molar-refractivity contribution in [3.05, 3.63) is 23.9 Å². The van der Waals surface area contributed by atoms with E-state index in [0.717, 1.165) is 18.4 Å². The first-order valence-corrected chi connectivity index (χ1v) is 7.68. The molecule has 0 saturated heterocycles. The molecule has 1 amide bonds. The highest BCUT2D eigenvalue weighted by atomic mass is 16.5. The number of amides is 1. The number of hydrogen-bond acceptors (Lipinski definition) is 5. The Labute approximate surface area is 129 Å². The highest BCUT2D eigenvalue weighted by Crippen LogP contribution is 2.46. The third-order valence-corrected chi connectivity index (χ3v) is 4.87. The maximum Gasteiger partial charge on any atom is 0.229 e. The van der Waals surface area contributed by atoms with Crippen LogP contribution in [0.3, 0.4) is 0 Å². The van der Waals surface area contributed by atoms with Gasteiger partial charge >= 0.3 is 0 Å². The molecule has 0 radical (unpaired) electrons. The largest absolute Gasteiger partial charge is 0.481 e. The summed E-state index contributed by atoms with van der Waals surface area (Å²) < 4.78 is 5.06. The van der Waals surface area contributed by atoms with Crippen molar-refractivity contribution in [2.45, 2.75) is 37.8 Å². The summed E-state index contributed by atoms with van der Waals surface area (Å²) >= 11 is 0. The van der Waals surface area contributed by atoms with Crippen LogP contribution in [-0.2, 0) is 4.79 Å². The molecule has 1 aromatic heterocycles. The van der Waals surface area contributed by atoms with Gasteiger partial charge in [-0.3, -0.25) is 4.79 Å². The third kappa shape index (κ3) is 2.80. The topological polar surface area (TPSA) is 91.7 Å². The number of aromatic nitrogens is 1. The lowest BCUT2D eigenvalue weighted by atomic mass is 9.75. The second kappa shape index (κ2) is 5.85.